The first-order chi connectivity index (χ1) is 9.11. The van der Waals surface area contributed by atoms with Crippen LogP contribution in [-0.4, -0.2) is 59.5 Å². The Balaban J connectivity index is 1.90. The van der Waals surface area contributed by atoms with Crippen molar-refractivity contribution in [2.75, 3.05) is 26.2 Å². The van der Waals surface area contributed by atoms with Crippen LogP contribution in [-0.2, 0) is 9.59 Å². The van der Waals surface area contributed by atoms with Gasteiger partial charge in [-0.2, -0.15) is 10.4 Å². The van der Waals surface area contributed by atoms with Gasteiger partial charge in [-0.25, -0.2) is 5.43 Å². The zero-order chi connectivity index (χ0) is 13.8. The Hall–Kier alpha value is -1.94. The monoisotopic (exact) mass is 263 g/mol. The molecule has 2 aliphatic heterocycles. The van der Waals surface area contributed by atoms with E-state index in [2.05, 4.69) is 16.6 Å². The number of nitrogens with zero attached hydrogens (tertiary/aromatic N) is 4. The Morgan fingerprint density at radius 3 is 2.58 bits per heavy atom. The van der Waals surface area contributed by atoms with Crippen molar-refractivity contribution >= 4 is 17.5 Å². The number of nitriles is 1. The Morgan fingerprint density at radius 2 is 2.05 bits per heavy atom. The van der Waals surface area contributed by atoms with Gasteiger partial charge in [0.05, 0.1) is 12.1 Å². The van der Waals surface area contributed by atoms with Gasteiger partial charge in [0, 0.05) is 39.0 Å². The maximum absolute atomic E-state index is 12.2. The standard InChI is InChI=1S/C12H17N5O2/c1-9(8-13)16-4-6-17(7-5-16)12(19)10-2-3-11(18)15-14-10/h9H,2-7H2,1H3,(H,15,18). The molecule has 0 aliphatic carbocycles. The van der Waals surface area contributed by atoms with Crippen molar-refractivity contribution in [2.24, 2.45) is 5.10 Å². The molecule has 1 N–H and O–H groups in total. The van der Waals surface area contributed by atoms with Crippen LogP contribution in [0.4, 0.5) is 0 Å². The summed E-state index contributed by atoms with van der Waals surface area (Å²) in [6.07, 6.45) is 0.718. The third kappa shape index (κ3) is 3.09. The fourth-order valence-electron chi connectivity index (χ4n) is 2.20. The van der Waals surface area contributed by atoms with Crippen LogP contribution in [0.1, 0.15) is 19.8 Å². The number of hydrazone groups is 1. The Bertz CT molecular complexity index is 446. The molecule has 0 aromatic heterocycles. The molecule has 1 saturated heterocycles. The Labute approximate surface area is 111 Å². The van der Waals surface area contributed by atoms with Gasteiger partial charge in [0.2, 0.25) is 5.91 Å². The average molecular weight is 263 g/mol. The van der Waals surface area contributed by atoms with Gasteiger partial charge in [0.1, 0.15) is 5.71 Å². The van der Waals surface area contributed by atoms with Crippen molar-refractivity contribution in [2.45, 2.75) is 25.8 Å². The largest absolute Gasteiger partial charge is 0.335 e. The number of nitrogens with one attached hydrogen (secondary N) is 1. The molecule has 0 saturated carbocycles. The number of carbonyl (C=O) groups is 2. The van der Waals surface area contributed by atoms with Crippen molar-refractivity contribution in [3.63, 3.8) is 0 Å². The molecule has 0 bridgehead atoms. The number of hydrogen-bond donors (Lipinski definition) is 1. The summed E-state index contributed by atoms with van der Waals surface area (Å²) >= 11 is 0. The third-order valence-corrected chi connectivity index (χ3v) is 3.49. The summed E-state index contributed by atoms with van der Waals surface area (Å²) in [7, 11) is 0. The minimum atomic E-state index is -0.149. The normalized spacial score (nSPS) is 22.2. The number of carbonyl (C=O) groups excluding carboxylic acids is 2. The highest BCUT2D eigenvalue weighted by atomic mass is 16.2. The van der Waals surface area contributed by atoms with Crippen LogP contribution in [0, 0.1) is 11.3 Å². The van der Waals surface area contributed by atoms with E-state index in [0.29, 0.717) is 44.7 Å². The number of rotatable bonds is 2. The van der Waals surface area contributed by atoms with Crippen LogP contribution in [0.25, 0.3) is 0 Å². The quantitative estimate of drug-likeness (QED) is 0.714. The van der Waals surface area contributed by atoms with E-state index in [-0.39, 0.29) is 17.9 Å². The van der Waals surface area contributed by atoms with E-state index >= 15 is 0 Å². The van der Waals surface area contributed by atoms with Crippen molar-refractivity contribution in [1.82, 2.24) is 15.2 Å². The fraction of sp³-hybridized carbons (Fsp3) is 0.667. The molecule has 102 valence electrons. The predicted molar refractivity (Wildman–Crippen MR) is 68.0 cm³/mol. The zero-order valence-electron chi connectivity index (χ0n) is 10.9. The van der Waals surface area contributed by atoms with E-state index < -0.39 is 0 Å². The first kappa shape index (κ1) is 13.5. The van der Waals surface area contributed by atoms with Gasteiger partial charge in [-0.15, -0.1) is 0 Å². The van der Waals surface area contributed by atoms with E-state index in [1.807, 2.05) is 11.8 Å². The highest BCUT2D eigenvalue weighted by Crippen LogP contribution is 2.09. The minimum Gasteiger partial charge on any atom is -0.335 e. The number of piperazine rings is 1. The van der Waals surface area contributed by atoms with Crippen molar-refractivity contribution in [3.8, 4) is 6.07 Å². The lowest BCUT2D eigenvalue weighted by Gasteiger charge is -2.36. The van der Waals surface area contributed by atoms with Gasteiger partial charge < -0.3 is 4.90 Å². The highest BCUT2D eigenvalue weighted by Gasteiger charge is 2.27. The van der Waals surface area contributed by atoms with Gasteiger partial charge in [0.15, 0.2) is 0 Å². The maximum atomic E-state index is 12.2. The summed E-state index contributed by atoms with van der Waals surface area (Å²) in [5.74, 6) is -0.256. The topological polar surface area (TPSA) is 88.8 Å². The van der Waals surface area contributed by atoms with E-state index in [9.17, 15) is 9.59 Å². The Morgan fingerprint density at radius 1 is 1.37 bits per heavy atom. The molecule has 1 atom stereocenters. The molecule has 0 aromatic rings. The van der Waals surface area contributed by atoms with Crippen molar-refractivity contribution in [3.05, 3.63) is 0 Å². The van der Waals surface area contributed by atoms with Gasteiger partial charge in [-0.05, 0) is 6.92 Å². The summed E-state index contributed by atoms with van der Waals surface area (Å²) < 4.78 is 0. The smallest absolute Gasteiger partial charge is 0.270 e. The van der Waals surface area contributed by atoms with E-state index in [0.717, 1.165) is 0 Å². The van der Waals surface area contributed by atoms with Crippen LogP contribution < -0.4 is 5.43 Å². The summed E-state index contributed by atoms with van der Waals surface area (Å²) in [6, 6.07) is 2.08. The van der Waals surface area contributed by atoms with Crippen LogP contribution in [0.2, 0.25) is 0 Å². The molecule has 7 nitrogen and oxygen atoms in total. The average Bonchev–Trinajstić information content (AvgIpc) is 2.46. The summed E-state index contributed by atoms with van der Waals surface area (Å²) in [5.41, 5.74) is 2.75. The summed E-state index contributed by atoms with van der Waals surface area (Å²) in [6.45, 7) is 4.44. The zero-order valence-corrected chi connectivity index (χ0v) is 10.9. The first-order valence-electron chi connectivity index (χ1n) is 6.40. The molecule has 0 spiro atoms. The number of amides is 2. The van der Waals surface area contributed by atoms with E-state index in [4.69, 9.17) is 5.26 Å². The van der Waals surface area contributed by atoms with Crippen LogP contribution in [0.15, 0.2) is 5.10 Å². The third-order valence-electron chi connectivity index (χ3n) is 3.49. The number of hydrogen-bond acceptors (Lipinski definition) is 5. The molecule has 1 unspecified atom stereocenters. The Kier molecular flexibility index (Phi) is 4.12. The SMILES string of the molecule is CC(C#N)N1CCN(C(=O)C2=NNC(=O)CC2)CC1. The predicted octanol–water partition coefficient (Wildman–Crippen LogP) is -0.691. The van der Waals surface area contributed by atoms with E-state index in [1.54, 1.807) is 4.90 Å². The van der Waals surface area contributed by atoms with Gasteiger partial charge in [-0.1, -0.05) is 0 Å². The van der Waals surface area contributed by atoms with Gasteiger partial charge in [0.25, 0.3) is 5.91 Å². The second kappa shape index (κ2) is 5.80. The van der Waals surface area contributed by atoms with Gasteiger partial charge in [-0.3, -0.25) is 14.5 Å². The first-order valence-corrected chi connectivity index (χ1v) is 6.40. The van der Waals surface area contributed by atoms with Crippen molar-refractivity contribution in [1.29, 1.82) is 5.26 Å². The molecule has 0 radical (unpaired) electrons. The second-order valence-corrected chi connectivity index (χ2v) is 4.73. The van der Waals surface area contributed by atoms with Gasteiger partial charge >= 0.3 is 0 Å². The fourth-order valence-corrected chi connectivity index (χ4v) is 2.20. The lowest BCUT2D eigenvalue weighted by atomic mass is 10.1. The van der Waals surface area contributed by atoms with Crippen LogP contribution in [0.3, 0.4) is 0 Å². The molecule has 7 heteroatoms. The summed E-state index contributed by atoms with van der Waals surface area (Å²) in [5, 5.41) is 12.7. The molecule has 2 aliphatic rings. The molecule has 0 aromatic carbocycles. The molecule has 19 heavy (non-hydrogen) atoms. The maximum Gasteiger partial charge on any atom is 0.270 e. The minimum absolute atomic E-state index is 0.107. The molecule has 1 fully saturated rings. The second-order valence-electron chi connectivity index (χ2n) is 4.73. The van der Waals surface area contributed by atoms with Crippen molar-refractivity contribution < 1.29 is 9.59 Å². The lowest BCUT2D eigenvalue weighted by Crippen LogP contribution is -2.53. The molecular formula is C12H17N5O2. The molecule has 2 rings (SSSR count). The van der Waals surface area contributed by atoms with E-state index in [1.165, 1.54) is 0 Å². The molecular weight excluding hydrogens is 246 g/mol. The molecule has 2 amide bonds. The molecule has 2 heterocycles. The lowest BCUT2D eigenvalue weighted by molar-refractivity contribution is -0.126. The summed E-state index contributed by atoms with van der Waals surface area (Å²) in [4.78, 5) is 26.9. The highest BCUT2D eigenvalue weighted by molar-refractivity contribution is 6.39. The van der Waals surface area contributed by atoms with Crippen LogP contribution >= 0.6 is 0 Å². The van der Waals surface area contributed by atoms with Crippen LogP contribution in [0.5, 0.6) is 0 Å².